The maximum Gasteiger partial charge on any atom is 0.341 e. The molecule has 1 atom stereocenters. The fourth-order valence-electron chi connectivity index (χ4n) is 1.45. The average Bonchev–Trinajstić information content (AvgIpc) is 2.89. The van der Waals surface area contributed by atoms with E-state index in [1.165, 1.54) is 13.4 Å². The molecule has 0 spiro atoms. The second-order valence-electron chi connectivity index (χ2n) is 4.19. The van der Waals surface area contributed by atoms with Crippen molar-refractivity contribution in [2.24, 2.45) is 0 Å². The van der Waals surface area contributed by atoms with E-state index in [-0.39, 0.29) is 11.9 Å². The van der Waals surface area contributed by atoms with E-state index in [0.29, 0.717) is 24.4 Å². The number of hydrogen-bond acceptors (Lipinski definition) is 5. The number of ether oxygens (including phenoxy) is 1. The molecule has 1 aromatic heterocycles. The smallest absolute Gasteiger partial charge is 0.341 e. The number of hydrogen-bond donors (Lipinski definition) is 2. The molecule has 2 N–H and O–H groups in total. The van der Waals surface area contributed by atoms with Gasteiger partial charge in [0.2, 0.25) is 5.91 Å². The minimum absolute atomic E-state index is 0.0541. The molecule has 19 heavy (non-hydrogen) atoms. The zero-order valence-corrected chi connectivity index (χ0v) is 11.5. The Bertz CT molecular complexity index is 428. The van der Waals surface area contributed by atoms with Gasteiger partial charge in [0.05, 0.1) is 25.3 Å². The molecule has 0 aromatic carbocycles. The Labute approximate surface area is 112 Å². The van der Waals surface area contributed by atoms with E-state index in [2.05, 4.69) is 15.4 Å². The fourth-order valence-corrected chi connectivity index (χ4v) is 1.45. The predicted molar refractivity (Wildman–Crippen MR) is 69.6 cm³/mol. The van der Waals surface area contributed by atoms with Crippen LogP contribution in [0.15, 0.2) is 16.7 Å². The van der Waals surface area contributed by atoms with Gasteiger partial charge in [0.1, 0.15) is 12.0 Å². The maximum atomic E-state index is 11.6. The molecule has 1 heterocycles. The molecule has 0 aliphatic heterocycles. The first-order valence-electron chi connectivity index (χ1n) is 6.25. The summed E-state index contributed by atoms with van der Waals surface area (Å²) in [7, 11) is 1.31. The molecule has 1 aromatic rings. The van der Waals surface area contributed by atoms with Crippen LogP contribution in [0, 0.1) is 0 Å². The van der Waals surface area contributed by atoms with Gasteiger partial charge in [0.25, 0.3) is 0 Å². The number of nitrogens with one attached hydrogen (secondary N) is 2. The van der Waals surface area contributed by atoms with E-state index in [0.717, 1.165) is 6.42 Å². The third kappa shape index (κ3) is 4.75. The van der Waals surface area contributed by atoms with Gasteiger partial charge in [-0.05, 0) is 19.4 Å². The predicted octanol–water partition coefficient (Wildman–Crippen LogP) is 1.07. The van der Waals surface area contributed by atoms with Crippen molar-refractivity contribution in [2.45, 2.75) is 32.9 Å². The first kappa shape index (κ1) is 15.2. The van der Waals surface area contributed by atoms with Gasteiger partial charge in [0.15, 0.2) is 0 Å². The highest BCUT2D eigenvalue weighted by molar-refractivity contribution is 5.89. The maximum absolute atomic E-state index is 11.6. The molecule has 6 heteroatoms. The van der Waals surface area contributed by atoms with E-state index >= 15 is 0 Å². The minimum Gasteiger partial charge on any atom is -0.467 e. The lowest BCUT2D eigenvalue weighted by molar-refractivity contribution is -0.122. The molecule has 0 radical (unpaired) electrons. The van der Waals surface area contributed by atoms with Crippen molar-refractivity contribution in [1.29, 1.82) is 0 Å². The molecule has 1 unspecified atom stereocenters. The van der Waals surface area contributed by atoms with Gasteiger partial charge in [-0.25, -0.2) is 4.79 Å². The van der Waals surface area contributed by atoms with Crippen LogP contribution >= 0.6 is 0 Å². The number of amides is 1. The van der Waals surface area contributed by atoms with Gasteiger partial charge in [-0.15, -0.1) is 0 Å². The molecule has 0 saturated carbocycles. The third-order valence-electron chi connectivity index (χ3n) is 2.60. The number of esters is 1. The van der Waals surface area contributed by atoms with E-state index in [9.17, 15) is 9.59 Å². The number of furan rings is 1. The highest BCUT2D eigenvalue weighted by Gasteiger charge is 2.14. The standard InChI is InChI=1S/C13H20N2O4/c1-4-5-14-12(16)9(2)15-7-11-6-10(8-19-11)13(17)18-3/h6,8-9,15H,4-5,7H2,1-3H3,(H,14,16). The van der Waals surface area contributed by atoms with Crippen LogP contribution in [-0.2, 0) is 16.1 Å². The monoisotopic (exact) mass is 268 g/mol. The van der Waals surface area contributed by atoms with Crippen molar-refractivity contribution < 1.29 is 18.7 Å². The van der Waals surface area contributed by atoms with Crippen LogP contribution in [0.3, 0.4) is 0 Å². The minimum atomic E-state index is -0.441. The van der Waals surface area contributed by atoms with Crippen LogP contribution < -0.4 is 10.6 Å². The van der Waals surface area contributed by atoms with Gasteiger partial charge in [-0.2, -0.15) is 0 Å². The van der Waals surface area contributed by atoms with Crippen LogP contribution in [-0.4, -0.2) is 31.6 Å². The van der Waals surface area contributed by atoms with E-state index in [1.807, 2.05) is 6.92 Å². The Kier molecular flexibility index (Phi) is 6.08. The molecule has 0 bridgehead atoms. The SMILES string of the molecule is CCCNC(=O)C(C)NCc1cc(C(=O)OC)co1. The number of rotatable bonds is 7. The summed E-state index contributed by atoms with van der Waals surface area (Å²) in [6, 6.07) is 1.27. The molecule has 0 saturated heterocycles. The molecule has 6 nitrogen and oxygen atoms in total. The van der Waals surface area contributed by atoms with Crippen LogP contribution in [0.5, 0.6) is 0 Å². The fraction of sp³-hybridized carbons (Fsp3) is 0.538. The van der Waals surface area contributed by atoms with Gasteiger partial charge in [0, 0.05) is 6.54 Å². The summed E-state index contributed by atoms with van der Waals surface area (Å²) in [5.74, 6) is 0.0841. The topological polar surface area (TPSA) is 80.6 Å². The quantitative estimate of drug-likeness (QED) is 0.723. The summed E-state index contributed by atoms with van der Waals surface area (Å²) >= 11 is 0. The van der Waals surface area contributed by atoms with Crippen molar-refractivity contribution in [2.75, 3.05) is 13.7 Å². The zero-order chi connectivity index (χ0) is 14.3. The van der Waals surface area contributed by atoms with Crippen molar-refractivity contribution >= 4 is 11.9 Å². The first-order chi connectivity index (χ1) is 9.08. The van der Waals surface area contributed by atoms with E-state index < -0.39 is 5.97 Å². The summed E-state index contributed by atoms with van der Waals surface area (Å²) in [4.78, 5) is 22.8. The van der Waals surface area contributed by atoms with E-state index in [4.69, 9.17) is 4.42 Å². The molecule has 1 amide bonds. The van der Waals surface area contributed by atoms with Crippen LogP contribution in [0.25, 0.3) is 0 Å². The Morgan fingerprint density at radius 2 is 2.21 bits per heavy atom. The van der Waals surface area contributed by atoms with Crippen molar-refractivity contribution in [3.63, 3.8) is 0 Å². The lowest BCUT2D eigenvalue weighted by Gasteiger charge is -2.12. The summed E-state index contributed by atoms with van der Waals surface area (Å²) < 4.78 is 9.78. The molecule has 0 aliphatic carbocycles. The van der Waals surface area contributed by atoms with Crippen molar-refractivity contribution in [3.05, 3.63) is 23.7 Å². The lowest BCUT2D eigenvalue weighted by Crippen LogP contribution is -2.42. The van der Waals surface area contributed by atoms with Crippen LogP contribution in [0.2, 0.25) is 0 Å². The highest BCUT2D eigenvalue weighted by Crippen LogP contribution is 2.08. The van der Waals surface area contributed by atoms with Gasteiger partial charge >= 0.3 is 5.97 Å². The zero-order valence-electron chi connectivity index (χ0n) is 11.5. The van der Waals surface area contributed by atoms with E-state index in [1.54, 1.807) is 13.0 Å². The van der Waals surface area contributed by atoms with Crippen LogP contribution in [0.4, 0.5) is 0 Å². The first-order valence-corrected chi connectivity index (χ1v) is 6.25. The summed E-state index contributed by atoms with van der Waals surface area (Å²) in [5, 5.41) is 5.81. The van der Waals surface area contributed by atoms with Crippen LogP contribution in [0.1, 0.15) is 36.4 Å². The summed E-state index contributed by atoms with van der Waals surface area (Å²) in [6.45, 7) is 4.81. The van der Waals surface area contributed by atoms with Gasteiger partial charge in [-0.1, -0.05) is 6.92 Å². The largest absolute Gasteiger partial charge is 0.467 e. The Morgan fingerprint density at radius 3 is 2.84 bits per heavy atom. The van der Waals surface area contributed by atoms with Gasteiger partial charge < -0.3 is 14.5 Å². The molecule has 0 fully saturated rings. The van der Waals surface area contributed by atoms with Crippen molar-refractivity contribution in [3.8, 4) is 0 Å². The Hall–Kier alpha value is -1.82. The normalized spacial score (nSPS) is 11.9. The number of methoxy groups -OCH3 is 1. The molecular formula is C13H20N2O4. The Balaban J connectivity index is 2.41. The number of carbonyl (C=O) groups excluding carboxylic acids is 2. The third-order valence-corrected chi connectivity index (χ3v) is 2.60. The van der Waals surface area contributed by atoms with Crippen molar-refractivity contribution in [1.82, 2.24) is 10.6 Å². The lowest BCUT2D eigenvalue weighted by atomic mass is 10.2. The molecular weight excluding hydrogens is 248 g/mol. The molecule has 1 rings (SSSR count). The summed E-state index contributed by atoms with van der Waals surface area (Å²) in [6.07, 6.45) is 2.24. The molecule has 0 aliphatic rings. The average molecular weight is 268 g/mol. The summed E-state index contributed by atoms with van der Waals surface area (Å²) in [5.41, 5.74) is 0.363. The Morgan fingerprint density at radius 1 is 1.47 bits per heavy atom. The number of carbonyl (C=O) groups is 2. The van der Waals surface area contributed by atoms with Gasteiger partial charge in [-0.3, -0.25) is 10.1 Å². The molecule has 106 valence electrons. The second-order valence-corrected chi connectivity index (χ2v) is 4.19. The highest BCUT2D eigenvalue weighted by atomic mass is 16.5. The second kappa shape index (κ2) is 7.58.